The van der Waals surface area contributed by atoms with Crippen LogP contribution in [0.1, 0.15) is 44.2 Å². The minimum Gasteiger partial charge on any atom is -0.391 e. The van der Waals surface area contributed by atoms with E-state index < -0.39 is 0 Å². The zero-order chi connectivity index (χ0) is 24.6. The lowest BCUT2D eigenvalue weighted by atomic mass is 9.94. The number of anilines is 4. The van der Waals surface area contributed by atoms with Crippen LogP contribution in [0.2, 0.25) is 0 Å². The number of rotatable bonds is 6. The fraction of sp³-hybridized carbons (Fsp3) is 0.407. The molecule has 186 valence electrons. The first-order valence-corrected chi connectivity index (χ1v) is 12.7. The van der Waals surface area contributed by atoms with E-state index in [-0.39, 0.29) is 6.10 Å². The van der Waals surface area contributed by atoms with Gasteiger partial charge in [-0.3, -0.25) is 0 Å². The molecule has 1 unspecified atom stereocenters. The lowest BCUT2D eigenvalue weighted by Crippen LogP contribution is -2.48. The molecule has 1 aromatic carbocycles. The Hall–Kier alpha value is -3.72. The summed E-state index contributed by atoms with van der Waals surface area (Å²) >= 11 is 0. The fourth-order valence-corrected chi connectivity index (χ4v) is 5.31. The standard InChI is InChI=1S/C27H32N8O/c1-18(2)22-5-6-25(34-15-20(16-34)35-11-9-30-32-35)24-14-29-26(13-23(22)24)31-19-7-8-28-27(12-19)33-10-3-4-21(36)17-33/h5-9,11-14,18,20-21,36H,3-4,10,15-17H2,1-2H3,(H,28,29,31). The molecule has 0 radical (unpaired) electrons. The summed E-state index contributed by atoms with van der Waals surface area (Å²) in [6, 6.07) is 11.0. The first-order chi connectivity index (χ1) is 17.5. The van der Waals surface area contributed by atoms with E-state index in [1.54, 1.807) is 6.20 Å². The maximum atomic E-state index is 10.1. The molecule has 5 heterocycles. The number of hydrogen-bond donors (Lipinski definition) is 2. The number of aliphatic hydroxyl groups is 1. The highest BCUT2D eigenvalue weighted by Crippen LogP contribution is 2.37. The van der Waals surface area contributed by atoms with Crippen molar-refractivity contribution in [1.29, 1.82) is 0 Å². The molecule has 0 spiro atoms. The molecular weight excluding hydrogens is 452 g/mol. The number of piperidine rings is 1. The highest BCUT2D eigenvalue weighted by Gasteiger charge is 2.30. The summed E-state index contributed by atoms with van der Waals surface area (Å²) in [5, 5.41) is 24.0. The molecule has 0 saturated carbocycles. The summed E-state index contributed by atoms with van der Waals surface area (Å²) in [5.74, 6) is 2.08. The van der Waals surface area contributed by atoms with E-state index in [4.69, 9.17) is 4.98 Å². The van der Waals surface area contributed by atoms with Crippen LogP contribution in [0.15, 0.2) is 55.1 Å². The third-order valence-corrected chi connectivity index (χ3v) is 7.29. The van der Waals surface area contributed by atoms with Crippen LogP contribution in [0, 0.1) is 0 Å². The largest absolute Gasteiger partial charge is 0.391 e. The molecule has 6 rings (SSSR count). The first kappa shape index (κ1) is 22.7. The van der Waals surface area contributed by atoms with Gasteiger partial charge in [-0.25, -0.2) is 14.6 Å². The van der Waals surface area contributed by atoms with Gasteiger partial charge in [-0.2, -0.15) is 0 Å². The molecule has 2 N–H and O–H groups in total. The van der Waals surface area contributed by atoms with Crippen molar-refractivity contribution in [1.82, 2.24) is 25.0 Å². The molecule has 3 aromatic heterocycles. The molecule has 0 aliphatic carbocycles. The Morgan fingerprint density at radius 3 is 2.67 bits per heavy atom. The monoisotopic (exact) mass is 484 g/mol. The average molecular weight is 485 g/mol. The van der Waals surface area contributed by atoms with Gasteiger partial charge >= 0.3 is 0 Å². The van der Waals surface area contributed by atoms with Crippen molar-refractivity contribution in [3.8, 4) is 0 Å². The number of fused-ring (bicyclic) bond motifs is 1. The molecule has 0 amide bonds. The van der Waals surface area contributed by atoms with Crippen LogP contribution in [-0.4, -0.2) is 62.4 Å². The second kappa shape index (κ2) is 9.39. The number of β-amino-alcohol motifs (C(OH)–C–C–N with tert-alkyl or cyclic N) is 1. The second-order valence-corrected chi connectivity index (χ2v) is 10.2. The van der Waals surface area contributed by atoms with Crippen LogP contribution in [0.3, 0.4) is 0 Å². The molecule has 9 heteroatoms. The van der Waals surface area contributed by atoms with Crippen LogP contribution in [-0.2, 0) is 0 Å². The quantitative estimate of drug-likeness (QED) is 0.422. The minimum absolute atomic E-state index is 0.291. The predicted octanol–water partition coefficient (Wildman–Crippen LogP) is 4.11. The molecule has 9 nitrogen and oxygen atoms in total. The summed E-state index contributed by atoms with van der Waals surface area (Å²) in [7, 11) is 0. The number of nitrogens with zero attached hydrogens (tertiary/aromatic N) is 7. The van der Waals surface area contributed by atoms with Gasteiger partial charge < -0.3 is 20.2 Å². The van der Waals surface area contributed by atoms with Crippen molar-refractivity contribution in [3.05, 3.63) is 60.7 Å². The number of aromatic nitrogens is 5. The van der Waals surface area contributed by atoms with E-state index in [1.807, 2.05) is 35.4 Å². The molecule has 2 aliphatic rings. The third kappa shape index (κ3) is 4.35. The topological polar surface area (TPSA) is 95.2 Å². The summed E-state index contributed by atoms with van der Waals surface area (Å²) in [6.07, 6.45) is 9.01. The molecule has 2 saturated heterocycles. The zero-order valence-electron chi connectivity index (χ0n) is 20.7. The number of aliphatic hydroxyl groups excluding tert-OH is 1. The Morgan fingerprint density at radius 1 is 1.00 bits per heavy atom. The number of nitrogens with one attached hydrogen (secondary N) is 1. The molecule has 36 heavy (non-hydrogen) atoms. The lowest BCUT2D eigenvalue weighted by molar-refractivity contribution is 0.154. The molecule has 4 aromatic rings. The van der Waals surface area contributed by atoms with Gasteiger partial charge in [0.15, 0.2) is 0 Å². The van der Waals surface area contributed by atoms with Gasteiger partial charge in [0.2, 0.25) is 0 Å². The van der Waals surface area contributed by atoms with Gasteiger partial charge in [-0.1, -0.05) is 25.1 Å². The van der Waals surface area contributed by atoms with Crippen molar-refractivity contribution >= 4 is 33.8 Å². The Kier molecular flexibility index (Phi) is 5.92. The molecule has 0 bridgehead atoms. The molecular formula is C27H32N8O. The van der Waals surface area contributed by atoms with Gasteiger partial charge in [0, 0.05) is 67.6 Å². The van der Waals surface area contributed by atoms with E-state index in [2.05, 4.69) is 62.5 Å². The summed E-state index contributed by atoms with van der Waals surface area (Å²) in [4.78, 5) is 13.9. The summed E-state index contributed by atoms with van der Waals surface area (Å²) < 4.78 is 1.94. The molecule has 2 fully saturated rings. The van der Waals surface area contributed by atoms with E-state index in [0.717, 1.165) is 49.8 Å². The van der Waals surface area contributed by atoms with Crippen molar-refractivity contribution in [2.24, 2.45) is 0 Å². The Bertz CT molecular complexity index is 1350. The SMILES string of the molecule is CC(C)c1ccc(N2CC(n3ccnn3)C2)c2cnc(Nc3ccnc(N4CCCC(O)C4)c3)cc12. The molecule has 1 atom stereocenters. The Balaban J connectivity index is 1.27. The van der Waals surface area contributed by atoms with E-state index in [0.29, 0.717) is 18.5 Å². The highest BCUT2D eigenvalue weighted by molar-refractivity contribution is 5.98. The zero-order valence-corrected chi connectivity index (χ0v) is 20.7. The van der Waals surface area contributed by atoms with Gasteiger partial charge in [0.05, 0.1) is 18.3 Å². The van der Waals surface area contributed by atoms with Crippen molar-refractivity contribution < 1.29 is 5.11 Å². The second-order valence-electron chi connectivity index (χ2n) is 10.2. The average Bonchev–Trinajstić information content (AvgIpc) is 3.37. The highest BCUT2D eigenvalue weighted by atomic mass is 16.3. The maximum absolute atomic E-state index is 10.1. The normalized spacial score (nSPS) is 18.6. The van der Waals surface area contributed by atoms with Crippen LogP contribution in [0.5, 0.6) is 0 Å². The van der Waals surface area contributed by atoms with E-state index in [9.17, 15) is 5.11 Å². The van der Waals surface area contributed by atoms with Crippen LogP contribution in [0.4, 0.5) is 23.0 Å². The van der Waals surface area contributed by atoms with Crippen LogP contribution >= 0.6 is 0 Å². The fourth-order valence-electron chi connectivity index (χ4n) is 5.31. The first-order valence-electron chi connectivity index (χ1n) is 12.7. The maximum Gasteiger partial charge on any atom is 0.130 e. The predicted molar refractivity (Wildman–Crippen MR) is 142 cm³/mol. The number of benzene rings is 1. The van der Waals surface area contributed by atoms with E-state index in [1.165, 1.54) is 22.0 Å². The Labute approximate surface area is 210 Å². The summed E-state index contributed by atoms with van der Waals surface area (Å²) in [6.45, 7) is 7.81. The van der Waals surface area contributed by atoms with Crippen LogP contribution < -0.4 is 15.1 Å². The summed E-state index contributed by atoms with van der Waals surface area (Å²) in [5.41, 5.74) is 3.46. The van der Waals surface area contributed by atoms with Crippen molar-refractivity contribution in [2.45, 2.75) is 44.8 Å². The third-order valence-electron chi connectivity index (χ3n) is 7.29. The number of hydrogen-bond acceptors (Lipinski definition) is 8. The van der Waals surface area contributed by atoms with Crippen LogP contribution in [0.25, 0.3) is 10.8 Å². The van der Waals surface area contributed by atoms with Gasteiger partial charge in [0.25, 0.3) is 0 Å². The minimum atomic E-state index is -0.291. The number of pyridine rings is 2. The van der Waals surface area contributed by atoms with Crippen molar-refractivity contribution in [2.75, 3.05) is 41.3 Å². The van der Waals surface area contributed by atoms with Gasteiger partial charge in [-0.15, -0.1) is 5.10 Å². The smallest absolute Gasteiger partial charge is 0.130 e. The van der Waals surface area contributed by atoms with Crippen molar-refractivity contribution in [3.63, 3.8) is 0 Å². The van der Waals surface area contributed by atoms with Gasteiger partial charge in [0.1, 0.15) is 11.6 Å². The van der Waals surface area contributed by atoms with Gasteiger partial charge in [-0.05, 0) is 47.9 Å². The Morgan fingerprint density at radius 2 is 1.89 bits per heavy atom. The molecule has 2 aliphatic heterocycles. The lowest BCUT2D eigenvalue weighted by Gasteiger charge is -2.41. The van der Waals surface area contributed by atoms with E-state index >= 15 is 0 Å².